The minimum absolute atomic E-state index is 0. The summed E-state index contributed by atoms with van der Waals surface area (Å²) in [5, 5.41) is 0. The van der Waals surface area contributed by atoms with Crippen LogP contribution in [0, 0.1) is 5.92 Å². The van der Waals surface area contributed by atoms with Gasteiger partial charge in [0.25, 0.3) is 0 Å². The third-order valence-electron chi connectivity index (χ3n) is 5.01. The van der Waals surface area contributed by atoms with Crippen LogP contribution in [0.1, 0.15) is 53.9 Å². The lowest BCUT2D eigenvalue weighted by atomic mass is 9.94. The zero-order chi connectivity index (χ0) is 15.0. The van der Waals surface area contributed by atoms with Gasteiger partial charge in [-0.25, -0.2) is 0 Å². The minimum atomic E-state index is 0. The summed E-state index contributed by atoms with van der Waals surface area (Å²) >= 11 is 0. The lowest BCUT2D eigenvalue weighted by Gasteiger charge is -2.38. The SMILES string of the molecule is C.CC.CCN1CCC(CN(C)C2CCN(C)CC2)CC1. The average Bonchev–Trinajstić information content (AvgIpc) is 2.50. The minimum Gasteiger partial charge on any atom is -0.306 e. The smallest absolute Gasteiger partial charge is 0.0117 e. The lowest BCUT2D eigenvalue weighted by molar-refractivity contribution is 0.104. The fourth-order valence-electron chi connectivity index (χ4n) is 3.48. The molecule has 128 valence electrons. The standard InChI is InChI=1S/C15H31N3.C2H6.CH4/c1-4-18-11-5-14(6-12-18)13-17(3)15-7-9-16(2)10-8-15;1-2;/h14-15H,4-13H2,1-3H3;1-2H3;1H4. The van der Waals surface area contributed by atoms with Crippen LogP contribution in [0.5, 0.6) is 0 Å². The van der Waals surface area contributed by atoms with Gasteiger partial charge in [-0.3, -0.25) is 0 Å². The molecule has 2 rings (SSSR count). The fourth-order valence-corrected chi connectivity index (χ4v) is 3.48. The van der Waals surface area contributed by atoms with Gasteiger partial charge in [-0.2, -0.15) is 0 Å². The van der Waals surface area contributed by atoms with E-state index in [1.54, 1.807) is 0 Å². The van der Waals surface area contributed by atoms with Crippen LogP contribution < -0.4 is 0 Å². The van der Waals surface area contributed by atoms with Gasteiger partial charge in [0.1, 0.15) is 0 Å². The number of piperidine rings is 2. The largest absolute Gasteiger partial charge is 0.306 e. The molecule has 0 bridgehead atoms. The van der Waals surface area contributed by atoms with E-state index in [2.05, 4.69) is 35.7 Å². The molecule has 0 aromatic rings. The summed E-state index contributed by atoms with van der Waals surface area (Å²) in [6.45, 7) is 14.0. The molecule has 0 aliphatic carbocycles. The Morgan fingerprint density at radius 1 is 0.952 bits per heavy atom. The van der Waals surface area contributed by atoms with E-state index in [0.29, 0.717) is 0 Å². The van der Waals surface area contributed by atoms with Crippen LogP contribution in [0.3, 0.4) is 0 Å². The van der Waals surface area contributed by atoms with E-state index in [-0.39, 0.29) is 7.43 Å². The van der Waals surface area contributed by atoms with Crippen molar-refractivity contribution in [1.82, 2.24) is 14.7 Å². The second-order valence-corrected chi connectivity index (χ2v) is 6.35. The van der Waals surface area contributed by atoms with Gasteiger partial charge in [0, 0.05) is 12.6 Å². The molecule has 0 unspecified atom stereocenters. The molecular formula is C18H41N3. The number of hydrogen-bond acceptors (Lipinski definition) is 3. The van der Waals surface area contributed by atoms with E-state index in [1.165, 1.54) is 65.0 Å². The highest BCUT2D eigenvalue weighted by Crippen LogP contribution is 2.21. The second-order valence-electron chi connectivity index (χ2n) is 6.35. The summed E-state index contributed by atoms with van der Waals surface area (Å²) in [7, 11) is 4.60. The maximum Gasteiger partial charge on any atom is 0.0117 e. The molecule has 0 radical (unpaired) electrons. The van der Waals surface area contributed by atoms with Gasteiger partial charge in [-0.1, -0.05) is 28.2 Å². The van der Waals surface area contributed by atoms with Crippen LogP contribution >= 0.6 is 0 Å². The van der Waals surface area contributed by atoms with Gasteiger partial charge in [0.15, 0.2) is 0 Å². The molecule has 21 heavy (non-hydrogen) atoms. The first-order chi connectivity index (χ1) is 9.69. The van der Waals surface area contributed by atoms with Gasteiger partial charge in [0.05, 0.1) is 0 Å². The molecule has 0 saturated carbocycles. The molecule has 0 amide bonds. The first-order valence-corrected chi connectivity index (χ1v) is 8.80. The van der Waals surface area contributed by atoms with Crippen LogP contribution in [0.25, 0.3) is 0 Å². The van der Waals surface area contributed by atoms with Crippen molar-refractivity contribution in [3.8, 4) is 0 Å². The topological polar surface area (TPSA) is 9.72 Å². The Hall–Kier alpha value is -0.120. The van der Waals surface area contributed by atoms with Gasteiger partial charge in [-0.15, -0.1) is 0 Å². The monoisotopic (exact) mass is 299 g/mol. The quantitative estimate of drug-likeness (QED) is 0.787. The molecule has 0 N–H and O–H groups in total. The van der Waals surface area contributed by atoms with Crippen LogP contribution in [-0.2, 0) is 0 Å². The molecule has 0 aromatic carbocycles. The Morgan fingerprint density at radius 2 is 1.48 bits per heavy atom. The maximum atomic E-state index is 2.65. The molecular weight excluding hydrogens is 258 g/mol. The highest BCUT2D eigenvalue weighted by molar-refractivity contribution is 4.80. The van der Waals surface area contributed by atoms with Gasteiger partial charge in [-0.05, 0) is 78.4 Å². The van der Waals surface area contributed by atoms with Crippen molar-refractivity contribution in [3.63, 3.8) is 0 Å². The van der Waals surface area contributed by atoms with Crippen molar-refractivity contribution in [3.05, 3.63) is 0 Å². The molecule has 0 spiro atoms. The van der Waals surface area contributed by atoms with Crippen molar-refractivity contribution in [2.75, 3.05) is 53.4 Å². The number of likely N-dealkylation sites (tertiary alicyclic amines) is 2. The molecule has 3 heteroatoms. The summed E-state index contributed by atoms with van der Waals surface area (Å²) in [5.74, 6) is 0.942. The van der Waals surface area contributed by atoms with E-state index in [0.717, 1.165) is 12.0 Å². The highest BCUT2D eigenvalue weighted by Gasteiger charge is 2.24. The summed E-state index contributed by atoms with van der Waals surface area (Å²) < 4.78 is 0. The normalized spacial score (nSPS) is 22.6. The lowest BCUT2D eigenvalue weighted by Crippen LogP contribution is -2.45. The van der Waals surface area contributed by atoms with Crippen molar-refractivity contribution >= 4 is 0 Å². The van der Waals surface area contributed by atoms with Crippen molar-refractivity contribution < 1.29 is 0 Å². The van der Waals surface area contributed by atoms with Crippen LogP contribution in [0.2, 0.25) is 0 Å². The zero-order valence-electron chi connectivity index (χ0n) is 14.6. The van der Waals surface area contributed by atoms with E-state index in [1.807, 2.05) is 13.8 Å². The maximum absolute atomic E-state index is 2.65. The fraction of sp³-hybridized carbons (Fsp3) is 1.00. The Bertz CT molecular complexity index is 229. The Balaban J connectivity index is 0.00000128. The molecule has 2 heterocycles. The molecule has 0 aromatic heterocycles. The first kappa shape index (κ1) is 20.9. The van der Waals surface area contributed by atoms with Crippen molar-refractivity contribution in [1.29, 1.82) is 0 Å². The molecule has 2 fully saturated rings. The average molecular weight is 300 g/mol. The summed E-state index contributed by atoms with van der Waals surface area (Å²) in [5.41, 5.74) is 0. The van der Waals surface area contributed by atoms with E-state index < -0.39 is 0 Å². The number of hydrogen-bond donors (Lipinski definition) is 0. The van der Waals surface area contributed by atoms with E-state index >= 15 is 0 Å². The summed E-state index contributed by atoms with van der Waals surface area (Å²) in [6, 6.07) is 0.838. The Kier molecular flexibility index (Phi) is 11.4. The predicted molar refractivity (Wildman–Crippen MR) is 96.1 cm³/mol. The van der Waals surface area contributed by atoms with Crippen molar-refractivity contribution in [2.24, 2.45) is 5.92 Å². The Labute approximate surface area is 134 Å². The molecule has 2 saturated heterocycles. The van der Waals surface area contributed by atoms with E-state index in [9.17, 15) is 0 Å². The van der Waals surface area contributed by atoms with Crippen molar-refractivity contribution in [2.45, 2.75) is 59.9 Å². The van der Waals surface area contributed by atoms with Gasteiger partial charge >= 0.3 is 0 Å². The third kappa shape index (κ3) is 7.12. The van der Waals surface area contributed by atoms with Crippen LogP contribution in [-0.4, -0.2) is 74.1 Å². The molecule has 0 atom stereocenters. The third-order valence-corrected chi connectivity index (χ3v) is 5.01. The molecule has 3 nitrogen and oxygen atoms in total. The first-order valence-electron chi connectivity index (χ1n) is 8.80. The number of rotatable bonds is 4. The molecule has 2 aliphatic heterocycles. The van der Waals surface area contributed by atoms with E-state index in [4.69, 9.17) is 0 Å². The molecule has 2 aliphatic rings. The van der Waals surface area contributed by atoms with Gasteiger partial charge in [0.2, 0.25) is 0 Å². The van der Waals surface area contributed by atoms with Crippen LogP contribution in [0.15, 0.2) is 0 Å². The summed E-state index contributed by atoms with van der Waals surface area (Å²) in [4.78, 5) is 7.70. The van der Waals surface area contributed by atoms with Gasteiger partial charge < -0.3 is 14.7 Å². The Morgan fingerprint density at radius 3 is 1.95 bits per heavy atom. The number of nitrogens with zero attached hydrogens (tertiary/aromatic N) is 3. The highest BCUT2D eigenvalue weighted by atomic mass is 15.2. The second kappa shape index (κ2) is 11.4. The summed E-state index contributed by atoms with van der Waals surface area (Å²) in [6.07, 6.45) is 5.54. The zero-order valence-corrected chi connectivity index (χ0v) is 14.6. The van der Waals surface area contributed by atoms with Crippen LogP contribution in [0.4, 0.5) is 0 Å². The predicted octanol–water partition coefficient (Wildman–Crippen LogP) is 3.41.